The van der Waals surface area contributed by atoms with Gasteiger partial charge in [0.25, 0.3) is 0 Å². The van der Waals surface area contributed by atoms with Crippen molar-refractivity contribution >= 4 is 17.0 Å². The van der Waals surface area contributed by atoms with E-state index in [4.69, 9.17) is 5.11 Å². The maximum Gasteiger partial charge on any atom is 0.321 e. The zero-order valence-electron chi connectivity index (χ0n) is 9.20. The zero-order valence-corrected chi connectivity index (χ0v) is 9.20. The molecular weight excluding hydrogens is 225 g/mol. The van der Waals surface area contributed by atoms with Gasteiger partial charge in [-0.2, -0.15) is 0 Å². The molecule has 0 saturated heterocycles. The average molecular weight is 237 g/mol. The van der Waals surface area contributed by atoms with Crippen molar-refractivity contribution in [2.45, 2.75) is 12.5 Å². The van der Waals surface area contributed by atoms with E-state index in [2.05, 4.69) is 15.3 Å². The number of aliphatic carboxylic acids is 1. The number of nitrogens with zero attached hydrogens (tertiary/aromatic N) is 1. The van der Waals surface area contributed by atoms with Gasteiger partial charge < -0.3 is 15.4 Å². The van der Waals surface area contributed by atoms with Crippen LogP contribution in [0.15, 0.2) is 18.2 Å². The van der Waals surface area contributed by atoms with E-state index in [1.165, 1.54) is 12.1 Å². The molecule has 1 aromatic heterocycles. The van der Waals surface area contributed by atoms with Gasteiger partial charge in [0.05, 0.1) is 11.0 Å². The summed E-state index contributed by atoms with van der Waals surface area (Å²) in [4.78, 5) is 17.9. The maximum atomic E-state index is 12.9. The molecule has 0 aliphatic heterocycles. The highest BCUT2D eigenvalue weighted by molar-refractivity contribution is 5.76. The average Bonchev–Trinajstić information content (AvgIpc) is 2.66. The third-order valence-corrected chi connectivity index (χ3v) is 2.54. The first-order valence-corrected chi connectivity index (χ1v) is 5.14. The van der Waals surface area contributed by atoms with Crippen molar-refractivity contribution in [3.8, 4) is 0 Å². The molecule has 0 saturated carbocycles. The minimum atomic E-state index is -0.945. The number of carbonyl (C=O) groups is 1. The predicted molar refractivity (Wildman–Crippen MR) is 60.2 cm³/mol. The number of nitrogens with one attached hydrogen (secondary N) is 2. The van der Waals surface area contributed by atoms with Crippen molar-refractivity contribution in [3.63, 3.8) is 0 Å². The van der Waals surface area contributed by atoms with Gasteiger partial charge in [0.2, 0.25) is 0 Å². The predicted octanol–water partition coefficient (Wildman–Crippen LogP) is 0.917. The summed E-state index contributed by atoms with van der Waals surface area (Å²) in [6, 6.07) is 3.50. The summed E-state index contributed by atoms with van der Waals surface area (Å²) >= 11 is 0. The van der Waals surface area contributed by atoms with Crippen LogP contribution in [0, 0.1) is 5.82 Å². The van der Waals surface area contributed by atoms with Crippen molar-refractivity contribution in [2.24, 2.45) is 0 Å². The molecule has 0 fully saturated rings. The summed E-state index contributed by atoms with van der Waals surface area (Å²) in [7, 11) is 1.57. The molecule has 17 heavy (non-hydrogen) atoms. The highest BCUT2D eigenvalue weighted by Crippen LogP contribution is 2.13. The van der Waals surface area contributed by atoms with Gasteiger partial charge in [-0.3, -0.25) is 4.79 Å². The summed E-state index contributed by atoms with van der Waals surface area (Å²) in [5.74, 6) is -0.775. The number of imidazole rings is 1. The van der Waals surface area contributed by atoms with Gasteiger partial charge in [0.15, 0.2) is 0 Å². The van der Waals surface area contributed by atoms with Crippen LogP contribution in [0.3, 0.4) is 0 Å². The molecule has 1 heterocycles. The van der Waals surface area contributed by atoms with Crippen molar-refractivity contribution in [2.75, 3.05) is 7.05 Å². The van der Waals surface area contributed by atoms with E-state index in [9.17, 15) is 9.18 Å². The number of aromatic amines is 1. The molecule has 0 spiro atoms. The molecule has 2 aromatic rings. The van der Waals surface area contributed by atoms with Gasteiger partial charge >= 0.3 is 5.97 Å². The number of hydrogen-bond donors (Lipinski definition) is 3. The smallest absolute Gasteiger partial charge is 0.321 e. The second kappa shape index (κ2) is 4.50. The fourth-order valence-corrected chi connectivity index (χ4v) is 1.64. The standard InChI is InChI=1S/C11H12FN3O2/c1-13-9(11(16)17)5-10-14-7-3-2-6(12)4-8(7)15-10/h2-4,9,13H,5H2,1H3,(H,14,15)(H,16,17)/t9-/m1/s1. The maximum absolute atomic E-state index is 12.9. The molecule has 2 rings (SSSR count). The number of benzene rings is 1. The molecule has 0 aliphatic rings. The Hall–Kier alpha value is -1.95. The van der Waals surface area contributed by atoms with E-state index in [1.807, 2.05) is 0 Å². The van der Waals surface area contributed by atoms with Gasteiger partial charge in [-0.15, -0.1) is 0 Å². The minimum Gasteiger partial charge on any atom is -0.480 e. The minimum absolute atomic E-state index is 0.224. The third-order valence-electron chi connectivity index (χ3n) is 2.54. The number of aromatic nitrogens is 2. The first kappa shape index (κ1) is 11.5. The SMILES string of the molecule is CN[C@H](Cc1nc2ccc(F)cc2[nH]1)C(=O)O. The second-order valence-electron chi connectivity index (χ2n) is 3.73. The molecule has 0 unspecified atom stereocenters. The number of likely N-dealkylation sites (N-methyl/N-ethyl adjacent to an activating group) is 1. The summed E-state index contributed by atoms with van der Waals surface area (Å²) in [6.07, 6.45) is 0.224. The van der Waals surface area contributed by atoms with Gasteiger partial charge in [0.1, 0.15) is 17.7 Å². The monoisotopic (exact) mass is 237 g/mol. The molecule has 1 aromatic carbocycles. The number of hydrogen-bond acceptors (Lipinski definition) is 3. The van der Waals surface area contributed by atoms with Gasteiger partial charge in [-0.1, -0.05) is 0 Å². The van der Waals surface area contributed by atoms with Gasteiger partial charge in [0, 0.05) is 6.42 Å². The Morgan fingerprint density at radius 2 is 2.41 bits per heavy atom. The quantitative estimate of drug-likeness (QED) is 0.738. The summed E-state index contributed by atoms with van der Waals surface area (Å²) < 4.78 is 12.9. The number of H-pyrrole nitrogens is 1. The Morgan fingerprint density at radius 1 is 1.65 bits per heavy atom. The van der Waals surface area contributed by atoms with Crippen LogP contribution in [0.1, 0.15) is 5.82 Å². The van der Waals surface area contributed by atoms with Gasteiger partial charge in [-0.25, -0.2) is 9.37 Å². The van der Waals surface area contributed by atoms with Crippen LogP contribution in [0.5, 0.6) is 0 Å². The van der Waals surface area contributed by atoms with E-state index in [-0.39, 0.29) is 12.2 Å². The van der Waals surface area contributed by atoms with Crippen LogP contribution in [0.25, 0.3) is 11.0 Å². The van der Waals surface area contributed by atoms with Crippen LogP contribution in [-0.2, 0) is 11.2 Å². The molecule has 6 heteroatoms. The number of carboxylic acids is 1. The Kier molecular flexibility index (Phi) is 3.06. The van der Waals surface area contributed by atoms with E-state index >= 15 is 0 Å². The van der Waals surface area contributed by atoms with Crippen molar-refractivity contribution in [1.82, 2.24) is 15.3 Å². The highest BCUT2D eigenvalue weighted by atomic mass is 19.1. The molecule has 3 N–H and O–H groups in total. The van der Waals surface area contributed by atoms with Crippen molar-refractivity contribution in [1.29, 1.82) is 0 Å². The lowest BCUT2D eigenvalue weighted by atomic mass is 10.2. The first-order chi connectivity index (χ1) is 8.10. The Morgan fingerprint density at radius 3 is 3.06 bits per heavy atom. The summed E-state index contributed by atoms with van der Waals surface area (Å²) in [5.41, 5.74) is 1.20. The Bertz CT molecular complexity index is 553. The van der Waals surface area contributed by atoms with Crippen LogP contribution in [0.2, 0.25) is 0 Å². The molecule has 0 bridgehead atoms. The Labute approximate surface area is 96.7 Å². The number of carboxylic acid groups (broad SMARTS) is 1. The molecular formula is C11H12FN3O2. The largest absolute Gasteiger partial charge is 0.480 e. The lowest BCUT2D eigenvalue weighted by Crippen LogP contribution is -2.36. The van der Waals surface area contributed by atoms with E-state index in [1.54, 1.807) is 13.1 Å². The van der Waals surface area contributed by atoms with E-state index in [0.717, 1.165) is 0 Å². The number of halogens is 1. The van der Waals surface area contributed by atoms with E-state index in [0.29, 0.717) is 16.9 Å². The van der Waals surface area contributed by atoms with E-state index < -0.39 is 12.0 Å². The molecule has 1 atom stereocenters. The van der Waals surface area contributed by atoms with Crippen LogP contribution >= 0.6 is 0 Å². The molecule has 5 nitrogen and oxygen atoms in total. The van der Waals surface area contributed by atoms with Crippen LogP contribution in [-0.4, -0.2) is 34.1 Å². The normalized spacial score (nSPS) is 12.8. The van der Waals surface area contributed by atoms with Crippen LogP contribution < -0.4 is 5.32 Å². The highest BCUT2D eigenvalue weighted by Gasteiger charge is 2.17. The molecule has 0 amide bonds. The van der Waals surface area contributed by atoms with Crippen molar-refractivity contribution in [3.05, 3.63) is 29.8 Å². The molecule has 0 aliphatic carbocycles. The topological polar surface area (TPSA) is 78.0 Å². The lowest BCUT2D eigenvalue weighted by Gasteiger charge is -2.08. The number of fused-ring (bicyclic) bond motifs is 1. The number of rotatable bonds is 4. The molecule has 0 radical (unpaired) electrons. The van der Waals surface area contributed by atoms with Gasteiger partial charge in [-0.05, 0) is 25.2 Å². The first-order valence-electron chi connectivity index (χ1n) is 5.14. The zero-order chi connectivity index (χ0) is 12.4. The third kappa shape index (κ3) is 2.42. The summed E-state index contributed by atoms with van der Waals surface area (Å²) in [5, 5.41) is 11.6. The fourth-order valence-electron chi connectivity index (χ4n) is 1.64. The lowest BCUT2D eigenvalue weighted by molar-refractivity contribution is -0.139. The Balaban J connectivity index is 2.27. The second-order valence-corrected chi connectivity index (χ2v) is 3.73. The van der Waals surface area contributed by atoms with Crippen LogP contribution in [0.4, 0.5) is 4.39 Å². The van der Waals surface area contributed by atoms with Crippen molar-refractivity contribution < 1.29 is 14.3 Å². The molecule has 90 valence electrons. The fraction of sp³-hybridized carbons (Fsp3) is 0.273. The summed E-state index contributed by atoms with van der Waals surface area (Å²) in [6.45, 7) is 0.